The summed E-state index contributed by atoms with van der Waals surface area (Å²) in [6.45, 7) is 1.61. The van der Waals surface area contributed by atoms with Crippen LogP contribution in [0.2, 0.25) is 10.0 Å². The van der Waals surface area contributed by atoms with Crippen LogP contribution < -0.4 is 14.8 Å². The van der Waals surface area contributed by atoms with Crippen LogP contribution in [0.15, 0.2) is 42.5 Å². The molecule has 0 aromatic heterocycles. The molecule has 1 unspecified atom stereocenters. The van der Waals surface area contributed by atoms with Gasteiger partial charge in [0.25, 0.3) is 5.91 Å². The Kier molecular flexibility index (Phi) is 7.96. The summed E-state index contributed by atoms with van der Waals surface area (Å²) in [7, 11) is 3.09. The van der Waals surface area contributed by atoms with Gasteiger partial charge in [0.15, 0.2) is 6.61 Å². The molecular weight excluding hydrogens is 403 g/mol. The molecule has 8 heteroatoms. The van der Waals surface area contributed by atoms with Crippen LogP contribution in [0.3, 0.4) is 0 Å². The van der Waals surface area contributed by atoms with Gasteiger partial charge in [-0.15, -0.1) is 0 Å². The van der Waals surface area contributed by atoms with Gasteiger partial charge in [0, 0.05) is 18.6 Å². The zero-order chi connectivity index (χ0) is 20.7. The summed E-state index contributed by atoms with van der Waals surface area (Å²) < 4.78 is 10.8. The number of amides is 2. The Balaban J connectivity index is 2.17. The molecule has 0 saturated carbocycles. The maximum Gasteiger partial charge on any atom is 0.261 e. The van der Waals surface area contributed by atoms with Gasteiger partial charge < -0.3 is 19.7 Å². The van der Waals surface area contributed by atoms with Gasteiger partial charge in [-0.2, -0.15) is 0 Å². The number of nitrogens with one attached hydrogen (secondary N) is 1. The van der Waals surface area contributed by atoms with Crippen LogP contribution >= 0.6 is 23.2 Å². The zero-order valence-electron chi connectivity index (χ0n) is 15.9. The predicted octanol–water partition coefficient (Wildman–Crippen LogP) is 3.54. The first-order valence-corrected chi connectivity index (χ1v) is 9.33. The molecule has 6 nitrogen and oxygen atoms in total. The van der Waals surface area contributed by atoms with Crippen molar-refractivity contribution in [2.45, 2.75) is 19.5 Å². The minimum Gasteiger partial charge on any atom is -0.497 e. The maximum absolute atomic E-state index is 12.8. The molecule has 2 aromatic rings. The SMILES string of the molecule is CNC(=O)C(C)N(Cc1cccc(OC)c1)C(=O)COc1ccc(Cl)cc1Cl. The van der Waals surface area contributed by atoms with E-state index in [1.165, 1.54) is 18.0 Å². The molecule has 0 fully saturated rings. The van der Waals surface area contributed by atoms with Crippen molar-refractivity contribution in [3.8, 4) is 11.5 Å². The van der Waals surface area contributed by atoms with Crippen molar-refractivity contribution in [2.24, 2.45) is 0 Å². The number of rotatable bonds is 8. The first-order chi connectivity index (χ1) is 13.3. The Labute approximate surface area is 174 Å². The number of carbonyl (C=O) groups is 2. The number of halogens is 2. The number of carbonyl (C=O) groups excluding carboxylic acids is 2. The van der Waals surface area contributed by atoms with Gasteiger partial charge in [0.05, 0.1) is 12.1 Å². The van der Waals surface area contributed by atoms with Crippen LogP contribution in [-0.4, -0.2) is 43.5 Å². The van der Waals surface area contributed by atoms with E-state index in [0.29, 0.717) is 21.5 Å². The van der Waals surface area contributed by atoms with Crippen molar-refractivity contribution in [2.75, 3.05) is 20.8 Å². The number of hydrogen-bond acceptors (Lipinski definition) is 4. The molecule has 1 N–H and O–H groups in total. The van der Waals surface area contributed by atoms with Gasteiger partial charge in [-0.1, -0.05) is 35.3 Å². The van der Waals surface area contributed by atoms with Gasteiger partial charge in [-0.05, 0) is 42.8 Å². The topological polar surface area (TPSA) is 67.9 Å². The van der Waals surface area contributed by atoms with Crippen LogP contribution in [0, 0.1) is 0 Å². The highest BCUT2D eigenvalue weighted by Gasteiger charge is 2.26. The molecule has 0 bridgehead atoms. The predicted molar refractivity (Wildman–Crippen MR) is 109 cm³/mol. The maximum atomic E-state index is 12.8. The minimum atomic E-state index is -0.687. The number of nitrogens with zero attached hydrogens (tertiary/aromatic N) is 1. The summed E-state index contributed by atoms with van der Waals surface area (Å²) in [5, 5.41) is 3.34. The average Bonchev–Trinajstić information content (AvgIpc) is 2.70. The van der Waals surface area contributed by atoms with Crippen LogP contribution in [0.5, 0.6) is 11.5 Å². The molecule has 1 atom stereocenters. The molecule has 0 saturated heterocycles. The lowest BCUT2D eigenvalue weighted by molar-refractivity contribution is -0.142. The molecule has 2 rings (SSSR count). The number of benzene rings is 2. The largest absolute Gasteiger partial charge is 0.497 e. The highest BCUT2D eigenvalue weighted by Crippen LogP contribution is 2.27. The van der Waals surface area contributed by atoms with Crippen LogP contribution in [0.1, 0.15) is 12.5 Å². The number of likely N-dealkylation sites (N-methyl/N-ethyl adjacent to an activating group) is 1. The van der Waals surface area contributed by atoms with E-state index in [-0.39, 0.29) is 25.0 Å². The van der Waals surface area contributed by atoms with Crippen LogP contribution in [-0.2, 0) is 16.1 Å². The fraction of sp³-hybridized carbons (Fsp3) is 0.300. The van der Waals surface area contributed by atoms with Crippen molar-refractivity contribution in [3.63, 3.8) is 0 Å². The van der Waals surface area contributed by atoms with E-state index in [0.717, 1.165) is 5.56 Å². The molecule has 0 spiro atoms. The molecule has 0 heterocycles. The lowest BCUT2D eigenvalue weighted by Gasteiger charge is -2.28. The molecule has 0 aliphatic heterocycles. The lowest BCUT2D eigenvalue weighted by Crippen LogP contribution is -2.48. The third-order valence-electron chi connectivity index (χ3n) is 4.15. The second-order valence-electron chi connectivity index (χ2n) is 6.03. The Bertz CT molecular complexity index is 845. The minimum absolute atomic E-state index is 0.225. The van der Waals surface area contributed by atoms with Crippen LogP contribution in [0.25, 0.3) is 0 Å². The summed E-state index contributed by atoms with van der Waals surface area (Å²) in [4.78, 5) is 26.4. The van der Waals surface area contributed by atoms with Gasteiger partial charge >= 0.3 is 0 Å². The molecule has 2 amide bonds. The summed E-state index contributed by atoms with van der Waals surface area (Å²) in [6.07, 6.45) is 0. The van der Waals surface area contributed by atoms with E-state index in [9.17, 15) is 9.59 Å². The summed E-state index contributed by atoms with van der Waals surface area (Å²) in [5.41, 5.74) is 0.827. The lowest BCUT2D eigenvalue weighted by atomic mass is 10.1. The van der Waals surface area contributed by atoms with E-state index < -0.39 is 6.04 Å². The second-order valence-corrected chi connectivity index (χ2v) is 6.87. The van der Waals surface area contributed by atoms with Crippen LogP contribution in [0.4, 0.5) is 0 Å². The number of ether oxygens (including phenoxy) is 2. The van der Waals surface area contributed by atoms with Gasteiger partial charge in [0.1, 0.15) is 17.5 Å². The molecule has 28 heavy (non-hydrogen) atoms. The number of methoxy groups -OCH3 is 1. The third kappa shape index (κ3) is 5.78. The smallest absolute Gasteiger partial charge is 0.261 e. The highest BCUT2D eigenvalue weighted by molar-refractivity contribution is 6.35. The van der Waals surface area contributed by atoms with Crippen molar-refractivity contribution in [1.82, 2.24) is 10.2 Å². The van der Waals surface area contributed by atoms with Gasteiger partial charge in [-0.3, -0.25) is 9.59 Å². The summed E-state index contributed by atoms with van der Waals surface area (Å²) in [6, 6.07) is 11.4. The van der Waals surface area contributed by atoms with E-state index in [2.05, 4.69) is 5.32 Å². The first kappa shape index (κ1) is 21.9. The van der Waals surface area contributed by atoms with Gasteiger partial charge in [0.2, 0.25) is 5.91 Å². The number of hydrogen-bond donors (Lipinski definition) is 1. The van der Waals surface area contributed by atoms with E-state index in [1.807, 2.05) is 24.3 Å². The fourth-order valence-electron chi connectivity index (χ4n) is 2.57. The Morgan fingerprint density at radius 1 is 1.18 bits per heavy atom. The average molecular weight is 425 g/mol. The first-order valence-electron chi connectivity index (χ1n) is 8.57. The molecule has 0 aliphatic rings. The van der Waals surface area contributed by atoms with Gasteiger partial charge in [-0.25, -0.2) is 0 Å². The van der Waals surface area contributed by atoms with Crippen molar-refractivity contribution in [3.05, 3.63) is 58.1 Å². The Hall–Kier alpha value is -2.44. The van der Waals surface area contributed by atoms with E-state index in [4.69, 9.17) is 32.7 Å². The highest BCUT2D eigenvalue weighted by atomic mass is 35.5. The third-order valence-corrected chi connectivity index (χ3v) is 4.68. The standard InChI is InChI=1S/C20H22Cl2N2O4/c1-13(20(26)23-2)24(11-14-5-4-6-16(9-14)27-3)19(25)12-28-18-8-7-15(21)10-17(18)22/h4-10,13H,11-12H2,1-3H3,(H,23,26). The van der Waals surface area contributed by atoms with E-state index >= 15 is 0 Å². The molecule has 0 aliphatic carbocycles. The van der Waals surface area contributed by atoms with Crippen molar-refractivity contribution < 1.29 is 19.1 Å². The molecule has 0 radical (unpaired) electrons. The molecule has 2 aromatic carbocycles. The Morgan fingerprint density at radius 3 is 2.57 bits per heavy atom. The Morgan fingerprint density at radius 2 is 1.93 bits per heavy atom. The summed E-state index contributed by atoms with van der Waals surface area (Å²) in [5.74, 6) is 0.376. The molecular formula is C20H22Cl2N2O4. The summed E-state index contributed by atoms with van der Waals surface area (Å²) >= 11 is 11.9. The fourth-order valence-corrected chi connectivity index (χ4v) is 3.04. The zero-order valence-corrected chi connectivity index (χ0v) is 17.4. The quantitative estimate of drug-likeness (QED) is 0.703. The molecule has 150 valence electrons. The monoisotopic (exact) mass is 424 g/mol. The van der Waals surface area contributed by atoms with Crippen molar-refractivity contribution >= 4 is 35.0 Å². The van der Waals surface area contributed by atoms with Crippen molar-refractivity contribution in [1.29, 1.82) is 0 Å². The van der Waals surface area contributed by atoms with E-state index in [1.54, 1.807) is 26.2 Å². The normalized spacial score (nSPS) is 11.5. The second kappa shape index (κ2) is 10.2.